The molecule has 0 bridgehead atoms. The average molecular weight is 261 g/mol. The molecule has 17 heavy (non-hydrogen) atoms. The lowest BCUT2D eigenvalue weighted by molar-refractivity contribution is -0.385. The predicted octanol–water partition coefficient (Wildman–Crippen LogP) is 0.662. The van der Waals surface area contributed by atoms with Gasteiger partial charge < -0.3 is 13.7 Å². The Kier molecular flexibility index (Phi) is 2.54. The Bertz CT molecular complexity index is 580. The van der Waals surface area contributed by atoms with Crippen molar-refractivity contribution in [1.29, 1.82) is 0 Å². The van der Waals surface area contributed by atoms with Crippen LogP contribution in [0.25, 0.3) is 0 Å². The molecule has 0 N–H and O–H groups in total. The summed E-state index contributed by atoms with van der Waals surface area (Å²) in [5.74, 6) is -0.0199. The largest absolute Gasteiger partial charge is 0.453 e. The van der Waals surface area contributed by atoms with E-state index in [0.29, 0.717) is 0 Å². The van der Waals surface area contributed by atoms with E-state index in [1.54, 1.807) is 0 Å². The molecule has 9 heteroatoms. The summed E-state index contributed by atoms with van der Waals surface area (Å²) in [7, 11) is -3.85. The van der Waals surface area contributed by atoms with Gasteiger partial charge >= 0.3 is 15.8 Å². The Morgan fingerprint density at radius 2 is 1.94 bits per heavy atom. The number of hydrogen-bond donors (Lipinski definition) is 0. The molecular formula is C8H7NO7S. The van der Waals surface area contributed by atoms with Gasteiger partial charge in [0.1, 0.15) is 0 Å². The molecule has 2 rings (SSSR count). The Morgan fingerprint density at radius 3 is 2.47 bits per heavy atom. The molecule has 0 aromatic heterocycles. The maximum absolute atomic E-state index is 11.0. The van der Waals surface area contributed by atoms with E-state index in [1.165, 1.54) is 0 Å². The lowest BCUT2D eigenvalue weighted by atomic mass is 10.2. The van der Waals surface area contributed by atoms with Crippen molar-refractivity contribution in [3.05, 3.63) is 22.2 Å². The van der Waals surface area contributed by atoms with Gasteiger partial charge in [-0.25, -0.2) is 0 Å². The van der Waals surface area contributed by atoms with Gasteiger partial charge in [0.05, 0.1) is 17.2 Å². The lowest BCUT2D eigenvalue weighted by Crippen LogP contribution is -2.07. The van der Waals surface area contributed by atoms with Crippen molar-refractivity contribution in [2.75, 3.05) is 13.0 Å². The summed E-state index contributed by atoms with van der Waals surface area (Å²) in [6.07, 6.45) is 0.793. The molecule has 0 unspecified atom stereocenters. The van der Waals surface area contributed by atoms with Crippen LogP contribution in [0.4, 0.5) is 5.69 Å². The Morgan fingerprint density at radius 1 is 1.35 bits per heavy atom. The number of fused-ring (bicyclic) bond motifs is 1. The van der Waals surface area contributed by atoms with Crippen LogP contribution in [-0.4, -0.2) is 26.4 Å². The highest BCUT2D eigenvalue weighted by atomic mass is 32.2. The fourth-order valence-corrected chi connectivity index (χ4v) is 1.74. The summed E-state index contributed by atoms with van der Waals surface area (Å²) in [4.78, 5) is 9.98. The first-order chi connectivity index (χ1) is 7.87. The van der Waals surface area contributed by atoms with Crippen LogP contribution in [-0.2, 0) is 10.1 Å². The summed E-state index contributed by atoms with van der Waals surface area (Å²) in [5.41, 5.74) is -0.500. The molecule has 1 heterocycles. The molecule has 0 saturated carbocycles. The van der Waals surface area contributed by atoms with Crippen LogP contribution in [0.1, 0.15) is 0 Å². The minimum Gasteiger partial charge on any atom is -0.453 e. The molecule has 1 aromatic carbocycles. The highest BCUT2D eigenvalue weighted by Crippen LogP contribution is 2.42. The number of nitrogens with zero attached hydrogens (tertiary/aromatic N) is 1. The van der Waals surface area contributed by atoms with E-state index in [2.05, 4.69) is 4.18 Å². The third-order valence-corrected chi connectivity index (χ3v) is 2.37. The molecule has 0 radical (unpaired) electrons. The molecule has 0 aliphatic carbocycles. The normalized spacial score (nSPS) is 13.5. The second-order valence-electron chi connectivity index (χ2n) is 3.22. The molecule has 0 fully saturated rings. The fraction of sp³-hybridized carbons (Fsp3) is 0.250. The number of hydrogen-bond acceptors (Lipinski definition) is 7. The van der Waals surface area contributed by atoms with E-state index in [-0.39, 0.29) is 18.3 Å². The first-order valence-electron chi connectivity index (χ1n) is 4.34. The zero-order valence-electron chi connectivity index (χ0n) is 8.58. The summed E-state index contributed by atoms with van der Waals surface area (Å²) in [6.45, 7) is -0.0746. The van der Waals surface area contributed by atoms with Crippen molar-refractivity contribution in [2.24, 2.45) is 0 Å². The predicted molar refractivity (Wildman–Crippen MR) is 54.7 cm³/mol. The minimum atomic E-state index is -3.85. The third kappa shape index (κ3) is 2.38. The third-order valence-electron chi connectivity index (χ3n) is 1.89. The summed E-state index contributed by atoms with van der Waals surface area (Å²) >= 11 is 0. The van der Waals surface area contributed by atoms with Crippen molar-refractivity contribution in [3.8, 4) is 17.2 Å². The molecule has 1 aromatic rings. The molecule has 92 valence electrons. The van der Waals surface area contributed by atoms with Gasteiger partial charge in [0.25, 0.3) is 0 Å². The quantitative estimate of drug-likeness (QED) is 0.447. The van der Waals surface area contributed by atoms with Gasteiger partial charge in [0.15, 0.2) is 11.5 Å². The van der Waals surface area contributed by atoms with E-state index in [4.69, 9.17) is 9.47 Å². The Balaban J connectivity index is 2.53. The van der Waals surface area contributed by atoms with Gasteiger partial charge in [-0.1, -0.05) is 0 Å². The second kappa shape index (κ2) is 3.77. The number of benzene rings is 1. The topological polar surface area (TPSA) is 105 Å². The average Bonchev–Trinajstić information content (AvgIpc) is 2.60. The first kappa shape index (κ1) is 11.5. The maximum atomic E-state index is 11.0. The van der Waals surface area contributed by atoms with Crippen LogP contribution < -0.4 is 13.7 Å². The summed E-state index contributed by atoms with van der Waals surface area (Å²) < 4.78 is 36.3. The molecule has 0 saturated heterocycles. The standard InChI is InChI=1S/C8H7NO7S/c1-17(12,13)16-6-3-8-7(14-4-15-8)2-5(6)9(10)11/h2-3H,4H2,1H3. The highest BCUT2D eigenvalue weighted by Gasteiger charge is 2.26. The first-order valence-corrected chi connectivity index (χ1v) is 6.16. The smallest absolute Gasteiger partial charge is 0.316 e. The van der Waals surface area contributed by atoms with Crippen LogP contribution in [0.3, 0.4) is 0 Å². The zero-order chi connectivity index (χ0) is 12.6. The van der Waals surface area contributed by atoms with Gasteiger partial charge in [0.2, 0.25) is 12.5 Å². The number of ether oxygens (including phenoxy) is 2. The summed E-state index contributed by atoms with van der Waals surface area (Å²) in [5, 5.41) is 10.7. The van der Waals surface area contributed by atoms with E-state index in [9.17, 15) is 18.5 Å². The maximum Gasteiger partial charge on any atom is 0.316 e. The molecule has 1 aliphatic rings. The summed E-state index contributed by atoms with van der Waals surface area (Å²) in [6, 6.07) is 2.17. The molecule has 1 aliphatic heterocycles. The van der Waals surface area contributed by atoms with Crippen molar-refractivity contribution in [1.82, 2.24) is 0 Å². The van der Waals surface area contributed by atoms with E-state index >= 15 is 0 Å². The minimum absolute atomic E-state index is 0.0746. The van der Waals surface area contributed by atoms with Crippen molar-refractivity contribution in [3.63, 3.8) is 0 Å². The van der Waals surface area contributed by atoms with Crippen LogP contribution in [0.2, 0.25) is 0 Å². The molecule has 8 nitrogen and oxygen atoms in total. The SMILES string of the molecule is CS(=O)(=O)Oc1cc2c(cc1[N+](=O)[O-])OCO2. The van der Waals surface area contributed by atoms with Gasteiger partial charge in [-0.2, -0.15) is 8.42 Å². The number of nitro groups is 1. The monoisotopic (exact) mass is 261 g/mol. The number of rotatable bonds is 3. The molecular weight excluding hydrogens is 254 g/mol. The zero-order valence-corrected chi connectivity index (χ0v) is 9.39. The molecule has 0 spiro atoms. The Labute approximate surface area is 96.0 Å². The Hall–Kier alpha value is -2.03. The van der Waals surface area contributed by atoms with E-state index in [0.717, 1.165) is 18.4 Å². The van der Waals surface area contributed by atoms with Crippen LogP contribution in [0.15, 0.2) is 12.1 Å². The second-order valence-corrected chi connectivity index (χ2v) is 4.79. The van der Waals surface area contributed by atoms with Crippen molar-refractivity contribution < 1.29 is 27.0 Å². The van der Waals surface area contributed by atoms with E-state index < -0.39 is 26.5 Å². The highest BCUT2D eigenvalue weighted by molar-refractivity contribution is 7.86. The van der Waals surface area contributed by atoms with Gasteiger partial charge in [-0.3, -0.25) is 10.1 Å². The van der Waals surface area contributed by atoms with Crippen molar-refractivity contribution >= 4 is 15.8 Å². The van der Waals surface area contributed by atoms with E-state index in [1.807, 2.05) is 0 Å². The van der Waals surface area contributed by atoms with Crippen LogP contribution >= 0.6 is 0 Å². The van der Waals surface area contributed by atoms with Crippen LogP contribution in [0.5, 0.6) is 17.2 Å². The van der Waals surface area contributed by atoms with Crippen molar-refractivity contribution in [2.45, 2.75) is 0 Å². The van der Waals surface area contributed by atoms with Gasteiger partial charge in [0, 0.05) is 6.07 Å². The fourth-order valence-electron chi connectivity index (χ4n) is 1.29. The van der Waals surface area contributed by atoms with Gasteiger partial charge in [-0.15, -0.1) is 0 Å². The number of nitro benzene ring substituents is 1. The van der Waals surface area contributed by atoms with Gasteiger partial charge in [-0.05, 0) is 0 Å². The van der Waals surface area contributed by atoms with Crippen LogP contribution in [0, 0.1) is 10.1 Å². The lowest BCUT2D eigenvalue weighted by Gasteiger charge is -2.04. The molecule has 0 atom stereocenters. The molecule has 0 amide bonds.